The number of carbonyl (C=O) groups excluding carboxylic acids is 2. The maximum Gasteiger partial charge on any atom is 0.237 e. The molecule has 2 fully saturated rings. The van der Waals surface area contributed by atoms with Gasteiger partial charge in [0.05, 0.1) is 12.5 Å². The van der Waals surface area contributed by atoms with Crippen molar-refractivity contribution < 1.29 is 9.59 Å². The second-order valence-corrected chi connectivity index (χ2v) is 7.33. The lowest BCUT2D eigenvalue weighted by Crippen LogP contribution is -2.47. The minimum Gasteiger partial charge on any atom is -0.354 e. The van der Waals surface area contributed by atoms with Gasteiger partial charge in [-0.05, 0) is 60.5 Å². The molecule has 0 saturated carbocycles. The number of piperidine rings is 1. The van der Waals surface area contributed by atoms with Crippen LogP contribution in [-0.4, -0.2) is 48.9 Å². The summed E-state index contributed by atoms with van der Waals surface area (Å²) in [6.45, 7) is 3.23. The maximum atomic E-state index is 12.4. The zero-order valence-electron chi connectivity index (χ0n) is 13.4. The number of thiophene rings is 1. The van der Waals surface area contributed by atoms with Gasteiger partial charge in [-0.3, -0.25) is 9.59 Å². The molecule has 6 heteroatoms. The van der Waals surface area contributed by atoms with Gasteiger partial charge in [0.25, 0.3) is 0 Å². The van der Waals surface area contributed by atoms with Crippen molar-refractivity contribution in [3.8, 4) is 0 Å². The van der Waals surface area contributed by atoms with Gasteiger partial charge in [-0.1, -0.05) is 0 Å². The largest absolute Gasteiger partial charge is 0.354 e. The predicted molar refractivity (Wildman–Crippen MR) is 91.4 cm³/mol. The van der Waals surface area contributed by atoms with Crippen molar-refractivity contribution in [1.82, 2.24) is 15.5 Å². The highest BCUT2D eigenvalue weighted by Gasteiger charge is 2.26. The highest BCUT2D eigenvalue weighted by Crippen LogP contribution is 2.18. The summed E-state index contributed by atoms with van der Waals surface area (Å²) in [7, 11) is 0. The standard InChI is InChI=1S/C17H25N3O2S/c21-16(9-13-5-8-23-12-13)20-7-2-3-14(11-20)10-19-17(22)15-4-1-6-18-15/h5,8,12,14-15,18H,1-4,6-7,9-11H2,(H,19,22). The zero-order valence-corrected chi connectivity index (χ0v) is 14.2. The van der Waals surface area contributed by atoms with E-state index in [-0.39, 0.29) is 17.9 Å². The van der Waals surface area contributed by atoms with Crippen LogP contribution in [0.1, 0.15) is 31.2 Å². The number of nitrogens with one attached hydrogen (secondary N) is 2. The molecule has 23 heavy (non-hydrogen) atoms. The monoisotopic (exact) mass is 335 g/mol. The van der Waals surface area contributed by atoms with Crippen LogP contribution in [0.4, 0.5) is 0 Å². The number of hydrogen-bond donors (Lipinski definition) is 2. The first kappa shape index (κ1) is 16.5. The van der Waals surface area contributed by atoms with Crippen LogP contribution < -0.4 is 10.6 Å². The molecule has 3 rings (SSSR count). The van der Waals surface area contributed by atoms with E-state index in [0.29, 0.717) is 18.9 Å². The molecule has 2 atom stereocenters. The van der Waals surface area contributed by atoms with Gasteiger partial charge in [0, 0.05) is 19.6 Å². The normalized spacial score (nSPS) is 24.6. The molecule has 2 saturated heterocycles. The summed E-state index contributed by atoms with van der Waals surface area (Å²) in [6.07, 6.45) is 4.61. The van der Waals surface area contributed by atoms with E-state index in [9.17, 15) is 9.59 Å². The summed E-state index contributed by atoms with van der Waals surface area (Å²) in [4.78, 5) is 26.4. The van der Waals surface area contributed by atoms with E-state index >= 15 is 0 Å². The lowest BCUT2D eigenvalue weighted by atomic mass is 9.97. The average molecular weight is 335 g/mol. The van der Waals surface area contributed by atoms with Crippen LogP contribution in [-0.2, 0) is 16.0 Å². The van der Waals surface area contributed by atoms with Gasteiger partial charge in [-0.15, -0.1) is 0 Å². The number of hydrogen-bond acceptors (Lipinski definition) is 4. The van der Waals surface area contributed by atoms with Crippen molar-refractivity contribution >= 4 is 23.2 Å². The van der Waals surface area contributed by atoms with Gasteiger partial charge >= 0.3 is 0 Å². The Labute approximate surface area is 141 Å². The first-order valence-electron chi connectivity index (χ1n) is 8.52. The van der Waals surface area contributed by atoms with Crippen molar-refractivity contribution in [3.63, 3.8) is 0 Å². The Morgan fingerprint density at radius 3 is 3.00 bits per heavy atom. The van der Waals surface area contributed by atoms with E-state index in [1.165, 1.54) is 0 Å². The number of rotatable bonds is 5. The topological polar surface area (TPSA) is 61.4 Å². The molecule has 2 unspecified atom stereocenters. The fourth-order valence-electron chi connectivity index (χ4n) is 3.41. The van der Waals surface area contributed by atoms with Crippen LogP contribution in [0.25, 0.3) is 0 Å². The zero-order chi connectivity index (χ0) is 16.1. The minimum absolute atomic E-state index is 0.0186. The molecule has 2 aliphatic rings. The molecule has 0 spiro atoms. The number of likely N-dealkylation sites (tertiary alicyclic amines) is 1. The van der Waals surface area contributed by atoms with Crippen LogP contribution in [0.5, 0.6) is 0 Å². The quantitative estimate of drug-likeness (QED) is 0.855. The predicted octanol–water partition coefficient (Wildman–Crippen LogP) is 1.40. The van der Waals surface area contributed by atoms with Crippen molar-refractivity contribution in [2.75, 3.05) is 26.2 Å². The van der Waals surface area contributed by atoms with E-state index in [1.54, 1.807) is 11.3 Å². The van der Waals surface area contributed by atoms with Crippen LogP contribution in [0.2, 0.25) is 0 Å². The van der Waals surface area contributed by atoms with Gasteiger partial charge in [-0.25, -0.2) is 0 Å². The third-order valence-electron chi connectivity index (χ3n) is 4.75. The average Bonchev–Trinajstić information content (AvgIpc) is 3.26. The highest BCUT2D eigenvalue weighted by atomic mass is 32.1. The van der Waals surface area contributed by atoms with Gasteiger partial charge in [0.2, 0.25) is 11.8 Å². The van der Waals surface area contributed by atoms with Gasteiger partial charge in [-0.2, -0.15) is 11.3 Å². The Bertz CT molecular complexity index is 526. The molecule has 5 nitrogen and oxygen atoms in total. The van der Waals surface area contributed by atoms with Crippen LogP contribution in [0.15, 0.2) is 16.8 Å². The molecule has 3 heterocycles. The molecule has 0 aliphatic carbocycles. The van der Waals surface area contributed by atoms with Crippen LogP contribution in [0.3, 0.4) is 0 Å². The highest BCUT2D eigenvalue weighted by molar-refractivity contribution is 7.07. The van der Waals surface area contributed by atoms with Crippen molar-refractivity contribution in [2.45, 2.75) is 38.1 Å². The first-order chi connectivity index (χ1) is 11.2. The van der Waals surface area contributed by atoms with Crippen molar-refractivity contribution in [2.24, 2.45) is 5.92 Å². The fourth-order valence-corrected chi connectivity index (χ4v) is 4.08. The Balaban J connectivity index is 1.44. The van der Waals surface area contributed by atoms with Gasteiger partial charge in [0.15, 0.2) is 0 Å². The minimum atomic E-state index is -0.0186. The number of amides is 2. The summed E-state index contributed by atoms with van der Waals surface area (Å²) < 4.78 is 0. The number of carbonyl (C=O) groups is 2. The maximum absolute atomic E-state index is 12.4. The lowest BCUT2D eigenvalue weighted by Gasteiger charge is -2.33. The fraction of sp³-hybridized carbons (Fsp3) is 0.647. The molecule has 2 aliphatic heterocycles. The Hall–Kier alpha value is -1.40. The third-order valence-corrected chi connectivity index (χ3v) is 5.48. The van der Waals surface area contributed by atoms with E-state index < -0.39 is 0 Å². The van der Waals surface area contributed by atoms with Crippen molar-refractivity contribution in [1.29, 1.82) is 0 Å². The second kappa shape index (κ2) is 7.93. The molecule has 1 aromatic heterocycles. The number of nitrogens with zero attached hydrogens (tertiary/aromatic N) is 1. The molecule has 0 bridgehead atoms. The summed E-state index contributed by atoms with van der Waals surface area (Å²) >= 11 is 1.63. The van der Waals surface area contributed by atoms with Gasteiger partial charge in [0.1, 0.15) is 0 Å². The van der Waals surface area contributed by atoms with Crippen molar-refractivity contribution in [3.05, 3.63) is 22.4 Å². The lowest BCUT2D eigenvalue weighted by molar-refractivity contribution is -0.132. The molecule has 1 aromatic rings. The third kappa shape index (κ3) is 4.54. The molecule has 126 valence electrons. The van der Waals surface area contributed by atoms with E-state index in [2.05, 4.69) is 10.6 Å². The van der Waals surface area contributed by atoms with E-state index in [0.717, 1.165) is 50.9 Å². The van der Waals surface area contributed by atoms with E-state index in [4.69, 9.17) is 0 Å². The first-order valence-corrected chi connectivity index (χ1v) is 9.46. The molecule has 0 radical (unpaired) electrons. The molecule has 2 amide bonds. The summed E-state index contributed by atoms with van der Waals surface area (Å²) in [5, 5.41) is 10.3. The molecule has 2 N–H and O–H groups in total. The Kier molecular flexibility index (Phi) is 5.67. The van der Waals surface area contributed by atoms with E-state index in [1.807, 2.05) is 21.7 Å². The van der Waals surface area contributed by atoms with Gasteiger partial charge < -0.3 is 15.5 Å². The summed E-state index contributed by atoms with van der Waals surface area (Å²) in [5.41, 5.74) is 1.10. The van der Waals surface area contributed by atoms with Crippen LogP contribution >= 0.6 is 11.3 Å². The molecule has 0 aromatic carbocycles. The SMILES string of the molecule is O=C(NCC1CCCN(C(=O)Cc2ccsc2)C1)C1CCCN1. The second-order valence-electron chi connectivity index (χ2n) is 6.55. The smallest absolute Gasteiger partial charge is 0.237 e. The Morgan fingerprint density at radius 1 is 1.35 bits per heavy atom. The summed E-state index contributed by atoms with van der Waals surface area (Å²) in [6, 6.07) is 1.99. The molecular weight excluding hydrogens is 310 g/mol. The van der Waals surface area contributed by atoms with Crippen LogP contribution in [0, 0.1) is 5.92 Å². The Morgan fingerprint density at radius 2 is 2.26 bits per heavy atom. The summed E-state index contributed by atoms with van der Waals surface area (Å²) in [5.74, 6) is 0.696. The molecular formula is C17H25N3O2S.